The third-order valence-corrected chi connectivity index (χ3v) is 8.25. The number of oxime groups is 1. The minimum Gasteiger partial charge on any atom is -0.382 e. The molecule has 0 fully saturated rings. The van der Waals surface area contributed by atoms with Gasteiger partial charge in [0.05, 0.1) is 10.7 Å². The summed E-state index contributed by atoms with van der Waals surface area (Å²) in [5.41, 5.74) is 5.16. The zero-order chi connectivity index (χ0) is 30.9. The molecule has 1 unspecified atom stereocenters. The molecule has 2 aliphatic heterocycles. The highest BCUT2D eigenvalue weighted by Gasteiger charge is 2.42. The first-order chi connectivity index (χ1) is 22.0. The topological polar surface area (TPSA) is 125 Å². The molecule has 2 aromatic heterocycles. The van der Waals surface area contributed by atoms with E-state index in [4.69, 9.17) is 16.4 Å². The number of H-pyrrole nitrogens is 1. The molecule has 2 amide bonds. The van der Waals surface area contributed by atoms with Gasteiger partial charge in [-0.25, -0.2) is 19.3 Å². The Morgan fingerprint density at radius 3 is 2.56 bits per heavy atom. The number of hydrogen-bond acceptors (Lipinski definition) is 7. The quantitative estimate of drug-likeness (QED) is 0.255. The molecule has 7 rings (SSSR count). The Labute approximate surface area is 262 Å². The Hall–Kier alpha value is -5.42. The molecule has 224 valence electrons. The molecule has 12 heteroatoms. The van der Waals surface area contributed by atoms with Gasteiger partial charge in [-0.1, -0.05) is 41.0 Å². The fourth-order valence-electron chi connectivity index (χ4n) is 5.82. The molecule has 0 spiro atoms. The van der Waals surface area contributed by atoms with Crippen LogP contribution in [-0.4, -0.2) is 55.0 Å². The highest BCUT2D eigenvalue weighted by Crippen LogP contribution is 2.38. The van der Waals surface area contributed by atoms with Crippen molar-refractivity contribution in [2.45, 2.75) is 25.0 Å². The first kappa shape index (κ1) is 28.4. The number of hydrogen-bond donors (Lipinski definition) is 2. The number of anilines is 1. The van der Waals surface area contributed by atoms with Crippen LogP contribution in [0.2, 0.25) is 5.02 Å². The Kier molecular flexibility index (Phi) is 7.52. The summed E-state index contributed by atoms with van der Waals surface area (Å²) in [6.45, 7) is 0.243. The van der Waals surface area contributed by atoms with Gasteiger partial charge < -0.3 is 20.0 Å². The van der Waals surface area contributed by atoms with Crippen LogP contribution in [0.15, 0.2) is 96.9 Å². The predicted molar refractivity (Wildman–Crippen MR) is 166 cm³/mol. The number of amides is 2. The molecule has 5 aromatic rings. The average Bonchev–Trinajstić information content (AvgIpc) is 3.79. The van der Waals surface area contributed by atoms with E-state index in [0.717, 1.165) is 22.3 Å². The van der Waals surface area contributed by atoms with Crippen molar-refractivity contribution in [3.8, 4) is 22.5 Å². The van der Waals surface area contributed by atoms with E-state index in [0.29, 0.717) is 23.5 Å². The molecule has 45 heavy (non-hydrogen) atoms. The van der Waals surface area contributed by atoms with Crippen molar-refractivity contribution < 1.29 is 18.8 Å². The van der Waals surface area contributed by atoms with Crippen molar-refractivity contribution in [1.29, 1.82) is 0 Å². The Balaban J connectivity index is 1.20. The second kappa shape index (κ2) is 11.9. The van der Waals surface area contributed by atoms with Crippen LogP contribution in [0.25, 0.3) is 22.5 Å². The number of carbonyl (C=O) groups is 2. The van der Waals surface area contributed by atoms with E-state index >= 15 is 0 Å². The number of aromatic nitrogens is 4. The van der Waals surface area contributed by atoms with E-state index < -0.39 is 29.8 Å². The van der Waals surface area contributed by atoms with Crippen LogP contribution in [0.3, 0.4) is 0 Å². The lowest BCUT2D eigenvalue weighted by Gasteiger charge is -2.38. The number of halogens is 2. The maximum absolute atomic E-state index is 14.7. The van der Waals surface area contributed by atoms with Gasteiger partial charge in [-0.3, -0.25) is 9.59 Å². The third kappa shape index (κ3) is 5.42. The average molecular weight is 622 g/mol. The second-order valence-corrected chi connectivity index (χ2v) is 11.0. The number of nitrogens with zero attached hydrogens (tertiary/aromatic N) is 5. The van der Waals surface area contributed by atoms with Crippen molar-refractivity contribution in [2.24, 2.45) is 5.16 Å². The van der Waals surface area contributed by atoms with Crippen molar-refractivity contribution >= 4 is 34.8 Å². The summed E-state index contributed by atoms with van der Waals surface area (Å²) in [6.07, 6.45) is 7.78. The minimum atomic E-state index is -1.03. The number of nitrogens with one attached hydrogen (secondary N) is 2. The van der Waals surface area contributed by atoms with Gasteiger partial charge >= 0.3 is 0 Å². The zero-order valence-electron chi connectivity index (χ0n) is 23.7. The summed E-state index contributed by atoms with van der Waals surface area (Å²) in [4.78, 5) is 50.8. The highest BCUT2D eigenvalue weighted by atomic mass is 35.5. The van der Waals surface area contributed by atoms with Gasteiger partial charge in [0.15, 0.2) is 5.82 Å². The first-order valence-electron chi connectivity index (χ1n) is 14.2. The van der Waals surface area contributed by atoms with Crippen LogP contribution in [-0.2, 0) is 20.8 Å². The van der Waals surface area contributed by atoms with Crippen LogP contribution in [0.1, 0.15) is 29.2 Å². The van der Waals surface area contributed by atoms with E-state index in [1.807, 2.05) is 30.3 Å². The molecule has 2 atom stereocenters. The summed E-state index contributed by atoms with van der Waals surface area (Å²) in [5, 5.41) is 6.96. The summed E-state index contributed by atoms with van der Waals surface area (Å²) < 4.78 is 14.7. The van der Waals surface area contributed by atoms with Gasteiger partial charge in [0.2, 0.25) is 6.10 Å². The molecule has 0 bridgehead atoms. The fourth-order valence-corrected chi connectivity index (χ4v) is 6.00. The molecule has 2 aliphatic rings. The fraction of sp³-hybridized carbons (Fsp3) is 0.152. The van der Waals surface area contributed by atoms with Crippen LogP contribution in [0.5, 0.6) is 0 Å². The lowest BCUT2D eigenvalue weighted by atomic mass is 9.86. The van der Waals surface area contributed by atoms with Crippen molar-refractivity contribution in [1.82, 2.24) is 24.8 Å². The number of fused-ring (bicyclic) bond motifs is 1. The molecule has 0 radical (unpaired) electrons. The van der Waals surface area contributed by atoms with E-state index in [-0.39, 0.29) is 29.3 Å². The van der Waals surface area contributed by atoms with Gasteiger partial charge in [0.1, 0.15) is 18.2 Å². The Bertz CT molecular complexity index is 1920. The Morgan fingerprint density at radius 2 is 1.78 bits per heavy atom. The smallest absolute Gasteiger partial charge is 0.267 e. The van der Waals surface area contributed by atoms with E-state index in [1.165, 1.54) is 23.4 Å². The highest BCUT2D eigenvalue weighted by molar-refractivity contribution is 6.31. The lowest BCUT2D eigenvalue weighted by molar-refractivity contribution is -0.148. The van der Waals surface area contributed by atoms with E-state index in [2.05, 4.69) is 30.4 Å². The molecule has 3 aromatic carbocycles. The second-order valence-electron chi connectivity index (χ2n) is 10.6. The van der Waals surface area contributed by atoms with Crippen LogP contribution in [0, 0.1) is 5.82 Å². The number of rotatable bonds is 6. The van der Waals surface area contributed by atoms with Gasteiger partial charge in [-0.15, -0.1) is 0 Å². The summed E-state index contributed by atoms with van der Waals surface area (Å²) in [7, 11) is 0. The lowest BCUT2D eigenvalue weighted by Crippen LogP contribution is -2.49. The maximum Gasteiger partial charge on any atom is 0.267 e. The third-order valence-electron chi connectivity index (χ3n) is 7.96. The molecule has 0 aliphatic carbocycles. The molecular formula is C33H25ClFN7O3. The predicted octanol–water partition coefficient (Wildman–Crippen LogP) is 5.58. The monoisotopic (exact) mass is 621 g/mol. The zero-order valence-corrected chi connectivity index (χ0v) is 24.4. The first-order valence-corrected chi connectivity index (χ1v) is 14.6. The van der Waals surface area contributed by atoms with Gasteiger partial charge in [0, 0.05) is 60.1 Å². The van der Waals surface area contributed by atoms with E-state index in [9.17, 15) is 14.0 Å². The largest absolute Gasteiger partial charge is 0.382 e. The van der Waals surface area contributed by atoms with Gasteiger partial charge in [-0.2, -0.15) is 0 Å². The van der Waals surface area contributed by atoms with Crippen molar-refractivity contribution in [3.05, 3.63) is 119 Å². The number of benzene rings is 3. The molecular weight excluding hydrogens is 597 g/mol. The standard InChI is InChI=1S/C33H25ClFN7O3/c34-26-6-2-5-25(29(26)35)27-15-28(45-41-27)33(44)42-14-11-23-22(20-16-36-18-37-17-20)3-1-4-24(23)30(42)32(43)40-21-9-7-19(8-10-21)31-38-12-13-39-31/h1-10,12-13,16-18,28,30H,11,14-15H2,(H,38,39)(H,40,43)/t28?,30-/m1/s1. The van der Waals surface area contributed by atoms with E-state index in [1.54, 1.807) is 43.0 Å². The molecule has 0 saturated heterocycles. The summed E-state index contributed by atoms with van der Waals surface area (Å²) in [6, 6.07) is 16.5. The molecule has 0 saturated carbocycles. The van der Waals surface area contributed by atoms with Gasteiger partial charge in [-0.05, 0) is 59.5 Å². The number of carbonyl (C=O) groups excluding carboxylic acids is 2. The SMILES string of the molecule is O=C(Nc1ccc(-c2ncc[nH]2)cc1)[C@H]1c2cccc(-c3cncnc3)c2CCN1C(=O)C1CC(c2cccc(Cl)c2F)=NO1. The van der Waals surface area contributed by atoms with Crippen molar-refractivity contribution in [2.75, 3.05) is 11.9 Å². The van der Waals surface area contributed by atoms with Crippen LogP contribution >= 0.6 is 11.6 Å². The van der Waals surface area contributed by atoms with Gasteiger partial charge in [0.25, 0.3) is 11.8 Å². The molecule has 2 N–H and O–H groups in total. The minimum absolute atomic E-state index is 0.0312. The Morgan fingerprint density at radius 1 is 1.00 bits per heavy atom. The summed E-state index contributed by atoms with van der Waals surface area (Å²) >= 11 is 5.97. The molecule has 10 nitrogen and oxygen atoms in total. The number of imidazole rings is 1. The maximum atomic E-state index is 14.7. The van der Waals surface area contributed by atoms with Crippen molar-refractivity contribution in [3.63, 3.8) is 0 Å². The number of aromatic amines is 1. The van der Waals surface area contributed by atoms with Crippen LogP contribution < -0.4 is 5.32 Å². The molecule has 4 heterocycles. The normalized spacial score (nSPS) is 17.3. The van der Waals surface area contributed by atoms with Crippen LogP contribution in [0.4, 0.5) is 10.1 Å². The summed E-state index contributed by atoms with van der Waals surface area (Å²) in [5.74, 6) is -0.742.